The van der Waals surface area contributed by atoms with E-state index < -0.39 is 0 Å². The van der Waals surface area contributed by atoms with Gasteiger partial charge in [0, 0.05) is 39.3 Å². The molecule has 1 aromatic carbocycles. The Morgan fingerprint density at radius 1 is 0.966 bits per heavy atom. The SMILES string of the molecule is CCNC(=NCc1ccc(OC)c(OC)c1)NCCCCN1CCN(CC)CC1. The van der Waals surface area contributed by atoms with Gasteiger partial charge in [-0.1, -0.05) is 13.0 Å². The van der Waals surface area contributed by atoms with Crippen molar-refractivity contribution in [2.75, 3.05) is 66.6 Å². The van der Waals surface area contributed by atoms with E-state index in [9.17, 15) is 0 Å². The summed E-state index contributed by atoms with van der Waals surface area (Å²) in [4.78, 5) is 9.81. The summed E-state index contributed by atoms with van der Waals surface area (Å²) < 4.78 is 10.7. The maximum absolute atomic E-state index is 5.37. The number of piperazine rings is 1. The summed E-state index contributed by atoms with van der Waals surface area (Å²) in [6, 6.07) is 5.92. The lowest BCUT2D eigenvalue weighted by Crippen LogP contribution is -2.46. The minimum Gasteiger partial charge on any atom is -0.493 e. The molecule has 0 saturated carbocycles. The number of benzene rings is 1. The molecule has 1 aromatic rings. The third-order valence-electron chi connectivity index (χ3n) is 5.32. The van der Waals surface area contributed by atoms with E-state index in [4.69, 9.17) is 14.5 Å². The van der Waals surface area contributed by atoms with Gasteiger partial charge in [-0.05, 0) is 50.6 Å². The van der Waals surface area contributed by atoms with Gasteiger partial charge in [0.2, 0.25) is 0 Å². The fourth-order valence-corrected chi connectivity index (χ4v) is 3.49. The molecule has 2 N–H and O–H groups in total. The number of hydrogen-bond donors (Lipinski definition) is 2. The molecule has 7 nitrogen and oxygen atoms in total. The Balaban J connectivity index is 1.72. The molecule has 1 heterocycles. The van der Waals surface area contributed by atoms with Crippen molar-refractivity contribution in [1.29, 1.82) is 0 Å². The van der Waals surface area contributed by atoms with Crippen molar-refractivity contribution < 1.29 is 9.47 Å². The smallest absolute Gasteiger partial charge is 0.191 e. The summed E-state index contributed by atoms with van der Waals surface area (Å²) in [5.41, 5.74) is 1.09. The van der Waals surface area contributed by atoms with Crippen LogP contribution in [0.1, 0.15) is 32.3 Å². The van der Waals surface area contributed by atoms with Crippen molar-refractivity contribution in [3.63, 3.8) is 0 Å². The Morgan fingerprint density at radius 2 is 1.69 bits per heavy atom. The zero-order chi connectivity index (χ0) is 20.9. The van der Waals surface area contributed by atoms with E-state index in [-0.39, 0.29) is 0 Å². The Labute approximate surface area is 176 Å². The molecule has 7 heteroatoms. The van der Waals surface area contributed by atoms with Gasteiger partial charge in [-0.3, -0.25) is 0 Å². The molecule has 0 spiro atoms. The molecule has 2 rings (SSSR count). The molecule has 1 fully saturated rings. The van der Waals surface area contributed by atoms with Crippen LogP contribution in [0.25, 0.3) is 0 Å². The van der Waals surface area contributed by atoms with E-state index in [0.717, 1.165) is 42.5 Å². The highest BCUT2D eigenvalue weighted by Crippen LogP contribution is 2.27. The number of guanidine groups is 1. The standard InChI is InChI=1S/C22H39N5O2/c1-5-23-22(25-18-19-9-10-20(28-3)21(17-19)29-4)24-11-7-8-12-27-15-13-26(6-2)14-16-27/h9-10,17H,5-8,11-16,18H2,1-4H3,(H2,23,24,25). The Morgan fingerprint density at radius 3 is 2.34 bits per heavy atom. The van der Waals surface area contributed by atoms with Crippen LogP contribution < -0.4 is 20.1 Å². The van der Waals surface area contributed by atoms with Gasteiger partial charge >= 0.3 is 0 Å². The molecule has 164 valence electrons. The average Bonchev–Trinajstić information content (AvgIpc) is 2.77. The number of ether oxygens (including phenoxy) is 2. The summed E-state index contributed by atoms with van der Waals surface area (Å²) in [7, 11) is 3.30. The van der Waals surface area contributed by atoms with Crippen LogP contribution in [0.5, 0.6) is 11.5 Å². The third kappa shape index (κ3) is 8.11. The van der Waals surface area contributed by atoms with E-state index >= 15 is 0 Å². The minimum absolute atomic E-state index is 0.595. The van der Waals surface area contributed by atoms with Crippen molar-refractivity contribution in [1.82, 2.24) is 20.4 Å². The number of hydrogen-bond acceptors (Lipinski definition) is 5. The van der Waals surface area contributed by atoms with Crippen LogP contribution in [-0.4, -0.2) is 82.3 Å². The molecule has 0 bridgehead atoms. The van der Waals surface area contributed by atoms with E-state index in [1.807, 2.05) is 18.2 Å². The first kappa shape index (κ1) is 23.3. The van der Waals surface area contributed by atoms with E-state index in [2.05, 4.69) is 34.3 Å². The van der Waals surface area contributed by atoms with E-state index in [0.29, 0.717) is 6.54 Å². The molecule has 0 amide bonds. The van der Waals surface area contributed by atoms with Crippen molar-refractivity contribution in [2.45, 2.75) is 33.2 Å². The normalized spacial score (nSPS) is 15.9. The van der Waals surface area contributed by atoms with Crippen LogP contribution in [-0.2, 0) is 6.54 Å². The number of unbranched alkanes of at least 4 members (excludes halogenated alkanes) is 1. The van der Waals surface area contributed by atoms with Crippen LogP contribution in [0.3, 0.4) is 0 Å². The van der Waals surface area contributed by atoms with Crippen LogP contribution in [0.2, 0.25) is 0 Å². The molecular weight excluding hydrogens is 366 g/mol. The molecule has 29 heavy (non-hydrogen) atoms. The van der Waals surface area contributed by atoms with Gasteiger partial charge in [0.05, 0.1) is 20.8 Å². The van der Waals surface area contributed by atoms with Crippen LogP contribution in [0, 0.1) is 0 Å². The number of rotatable bonds is 11. The van der Waals surface area contributed by atoms with E-state index in [1.165, 1.54) is 45.7 Å². The Bertz CT molecular complexity index is 615. The van der Waals surface area contributed by atoms with Crippen LogP contribution in [0.15, 0.2) is 23.2 Å². The highest BCUT2D eigenvalue weighted by molar-refractivity contribution is 5.79. The van der Waals surface area contributed by atoms with Gasteiger partial charge in [0.1, 0.15) is 0 Å². The van der Waals surface area contributed by atoms with Crippen molar-refractivity contribution in [3.05, 3.63) is 23.8 Å². The zero-order valence-electron chi connectivity index (χ0n) is 18.7. The zero-order valence-corrected chi connectivity index (χ0v) is 18.7. The monoisotopic (exact) mass is 405 g/mol. The first-order valence-corrected chi connectivity index (χ1v) is 10.9. The molecule has 1 saturated heterocycles. The van der Waals surface area contributed by atoms with Gasteiger partial charge in [-0.15, -0.1) is 0 Å². The predicted molar refractivity (Wildman–Crippen MR) is 120 cm³/mol. The lowest BCUT2D eigenvalue weighted by Gasteiger charge is -2.34. The number of nitrogens with zero attached hydrogens (tertiary/aromatic N) is 3. The highest BCUT2D eigenvalue weighted by atomic mass is 16.5. The Kier molecular flexibility index (Phi) is 10.7. The first-order chi connectivity index (χ1) is 14.2. The maximum atomic E-state index is 5.37. The number of methoxy groups -OCH3 is 2. The van der Waals surface area contributed by atoms with Gasteiger partial charge < -0.3 is 29.9 Å². The number of likely N-dealkylation sites (N-methyl/N-ethyl adjacent to an activating group) is 1. The molecule has 1 aliphatic rings. The number of aliphatic imine (C=N–C) groups is 1. The molecule has 0 aromatic heterocycles. The van der Waals surface area contributed by atoms with Gasteiger partial charge in [-0.2, -0.15) is 0 Å². The first-order valence-electron chi connectivity index (χ1n) is 10.9. The fraction of sp³-hybridized carbons (Fsp3) is 0.682. The minimum atomic E-state index is 0.595. The molecule has 0 aliphatic carbocycles. The fourth-order valence-electron chi connectivity index (χ4n) is 3.49. The summed E-state index contributed by atoms with van der Waals surface area (Å²) in [6.07, 6.45) is 2.36. The van der Waals surface area contributed by atoms with Crippen LogP contribution >= 0.6 is 0 Å². The molecule has 0 atom stereocenters. The van der Waals surface area contributed by atoms with E-state index in [1.54, 1.807) is 14.2 Å². The molecule has 1 aliphatic heterocycles. The predicted octanol–water partition coefficient (Wildman–Crippen LogP) is 2.18. The summed E-state index contributed by atoms with van der Waals surface area (Å²) >= 11 is 0. The topological polar surface area (TPSA) is 61.4 Å². The second-order valence-corrected chi connectivity index (χ2v) is 7.29. The van der Waals surface area contributed by atoms with Gasteiger partial charge in [0.25, 0.3) is 0 Å². The average molecular weight is 406 g/mol. The summed E-state index contributed by atoms with van der Waals surface area (Å²) in [5, 5.41) is 6.77. The highest BCUT2D eigenvalue weighted by Gasteiger charge is 2.14. The molecular formula is C22H39N5O2. The van der Waals surface area contributed by atoms with Crippen molar-refractivity contribution >= 4 is 5.96 Å². The lowest BCUT2D eigenvalue weighted by atomic mass is 10.2. The second-order valence-electron chi connectivity index (χ2n) is 7.29. The number of nitrogens with one attached hydrogen (secondary N) is 2. The largest absolute Gasteiger partial charge is 0.493 e. The summed E-state index contributed by atoms with van der Waals surface area (Å²) in [5.74, 6) is 2.33. The third-order valence-corrected chi connectivity index (χ3v) is 5.32. The Hall–Kier alpha value is -1.99. The molecule has 0 unspecified atom stereocenters. The van der Waals surface area contributed by atoms with Gasteiger partial charge in [-0.25, -0.2) is 4.99 Å². The summed E-state index contributed by atoms with van der Waals surface area (Å²) in [6.45, 7) is 13.9. The van der Waals surface area contributed by atoms with Crippen LogP contribution in [0.4, 0.5) is 0 Å². The molecule has 0 radical (unpaired) electrons. The van der Waals surface area contributed by atoms with Crippen molar-refractivity contribution in [2.24, 2.45) is 4.99 Å². The lowest BCUT2D eigenvalue weighted by molar-refractivity contribution is 0.136. The maximum Gasteiger partial charge on any atom is 0.191 e. The second kappa shape index (κ2) is 13.3. The van der Waals surface area contributed by atoms with Gasteiger partial charge in [0.15, 0.2) is 17.5 Å². The quantitative estimate of drug-likeness (QED) is 0.334. The van der Waals surface area contributed by atoms with Crippen molar-refractivity contribution in [3.8, 4) is 11.5 Å².